The van der Waals surface area contributed by atoms with Crippen LogP contribution < -0.4 is 0 Å². The number of halogens is 1. The van der Waals surface area contributed by atoms with Gasteiger partial charge in [0.25, 0.3) is 0 Å². The van der Waals surface area contributed by atoms with Crippen LogP contribution in [0.3, 0.4) is 0 Å². The largest absolute Gasteiger partial charge is 0.508 e. The van der Waals surface area contributed by atoms with E-state index in [0.29, 0.717) is 6.42 Å². The maximum Gasteiger partial charge on any atom is 0.143 e. The van der Waals surface area contributed by atoms with Crippen LogP contribution in [0.4, 0.5) is 4.39 Å². The summed E-state index contributed by atoms with van der Waals surface area (Å²) in [4.78, 5) is 15.1. The Labute approximate surface area is 148 Å². The summed E-state index contributed by atoms with van der Waals surface area (Å²) in [6.45, 7) is 4.27. The zero-order chi connectivity index (χ0) is 17.9. The molecule has 0 unspecified atom stereocenters. The van der Waals surface area contributed by atoms with Crippen molar-refractivity contribution in [3.8, 4) is 5.75 Å². The first-order valence-electron chi connectivity index (χ1n) is 8.83. The van der Waals surface area contributed by atoms with Gasteiger partial charge in [0, 0.05) is 13.0 Å². The SMILES string of the molecule is CCC(=O)C1(c2cccc(O)c2)CCN(Cc2ccc(F)cc2)CC1. The number of rotatable bonds is 5. The molecule has 1 N–H and O–H groups in total. The van der Waals surface area contributed by atoms with Crippen LogP contribution in [0.1, 0.15) is 37.3 Å². The number of benzene rings is 2. The van der Waals surface area contributed by atoms with E-state index in [1.807, 2.05) is 25.1 Å². The first kappa shape index (κ1) is 17.6. The minimum absolute atomic E-state index is 0.203. The number of piperidine rings is 1. The predicted octanol–water partition coefficient (Wildman–Crippen LogP) is 4.04. The number of carbonyl (C=O) groups excluding carboxylic acids is 1. The Bertz CT molecular complexity index is 734. The summed E-state index contributed by atoms with van der Waals surface area (Å²) in [5.74, 6) is 0.216. The van der Waals surface area contributed by atoms with E-state index in [2.05, 4.69) is 4.90 Å². The third-order valence-corrected chi connectivity index (χ3v) is 5.28. The van der Waals surface area contributed by atoms with Crippen molar-refractivity contribution in [2.45, 2.75) is 38.1 Å². The number of hydrogen-bond donors (Lipinski definition) is 1. The maximum absolute atomic E-state index is 13.0. The Kier molecular flexibility index (Phi) is 5.19. The van der Waals surface area contributed by atoms with E-state index in [-0.39, 0.29) is 17.3 Å². The number of nitrogens with zero attached hydrogens (tertiary/aromatic N) is 1. The molecule has 25 heavy (non-hydrogen) atoms. The van der Waals surface area contributed by atoms with Crippen LogP contribution in [0, 0.1) is 5.82 Å². The lowest BCUT2D eigenvalue weighted by atomic mass is 9.69. The second kappa shape index (κ2) is 7.36. The summed E-state index contributed by atoms with van der Waals surface area (Å²) >= 11 is 0. The van der Waals surface area contributed by atoms with Crippen LogP contribution in [0.25, 0.3) is 0 Å². The van der Waals surface area contributed by atoms with Gasteiger partial charge in [0.2, 0.25) is 0 Å². The zero-order valence-electron chi connectivity index (χ0n) is 14.5. The average Bonchev–Trinajstić information content (AvgIpc) is 2.64. The average molecular weight is 341 g/mol. The Morgan fingerprint density at radius 3 is 2.44 bits per heavy atom. The quantitative estimate of drug-likeness (QED) is 0.892. The van der Waals surface area contributed by atoms with Gasteiger partial charge in [-0.15, -0.1) is 0 Å². The van der Waals surface area contributed by atoms with E-state index < -0.39 is 5.41 Å². The van der Waals surface area contributed by atoms with Crippen molar-refractivity contribution in [2.24, 2.45) is 0 Å². The third-order valence-electron chi connectivity index (χ3n) is 5.28. The van der Waals surface area contributed by atoms with Gasteiger partial charge in [-0.25, -0.2) is 4.39 Å². The standard InChI is InChI=1S/C21H24FNO2/c1-2-20(25)21(17-4-3-5-19(24)14-17)10-12-23(13-11-21)15-16-6-8-18(22)9-7-16/h3-9,14,24H,2,10-13,15H2,1H3. The summed E-state index contributed by atoms with van der Waals surface area (Å²) in [6, 6.07) is 13.7. The second-order valence-electron chi connectivity index (χ2n) is 6.81. The van der Waals surface area contributed by atoms with Gasteiger partial charge in [0.05, 0.1) is 5.41 Å². The molecule has 2 aromatic carbocycles. The monoisotopic (exact) mass is 341 g/mol. The van der Waals surface area contributed by atoms with Crippen LogP contribution in [-0.4, -0.2) is 28.9 Å². The van der Waals surface area contributed by atoms with Gasteiger partial charge in [-0.3, -0.25) is 9.69 Å². The molecule has 0 atom stereocenters. The zero-order valence-corrected chi connectivity index (χ0v) is 14.5. The first-order valence-corrected chi connectivity index (χ1v) is 8.83. The van der Waals surface area contributed by atoms with Gasteiger partial charge in [-0.05, 0) is 61.3 Å². The number of Topliss-reactive ketones (excluding diaryl/α,β-unsaturated/α-hetero) is 1. The summed E-state index contributed by atoms with van der Waals surface area (Å²) in [6.07, 6.45) is 1.97. The molecule has 1 heterocycles. The van der Waals surface area contributed by atoms with Crippen LogP contribution in [0.2, 0.25) is 0 Å². The lowest BCUT2D eigenvalue weighted by Gasteiger charge is -2.41. The Morgan fingerprint density at radius 2 is 1.84 bits per heavy atom. The molecule has 1 aliphatic rings. The van der Waals surface area contributed by atoms with Crippen molar-refractivity contribution in [3.05, 3.63) is 65.5 Å². The van der Waals surface area contributed by atoms with Crippen LogP contribution >= 0.6 is 0 Å². The fourth-order valence-corrected chi connectivity index (χ4v) is 3.81. The van der Waals surface area contributed by atoms with Crippen molar-refractivity contribution in [3.63, 3.8) is 0 Å². The fourth-order valence-electron chi connectivity index (χ4n) is 3.81. The number of hydrogen-bond acceptors (Lipinski definition) is 3. The molecule has 1 fully saturated rings. The van der Waals surface area contributed by atoms with Gasteiger partial charge in [-0.2, -0.15) is 0 Å². The van der Waals surface area contributed by atoms with E-state index in [9.17, 15) is 14.3 Å². The second-order valence-corrected chi connectivity index (χ2v) is 6.81. The van der Waals surface area contributed by atoms with Gasteiger partial charge in [-0.1, -0.05) is 31.2 Å². The van der Waals surface area contributed by atoms with Crippen LogP contribution in [0.5, 0.6) is 5.75 Å². The Morgan fingerprint density at radius 1 is 1.16 bits per heavy atom. The molecule has 2 aromatic rings. The number of likely N-dealkylation sites (tertiary alicyclic amines) is 1. The van der Waals surface area contributed by atoms with Crippen LogP contribution in [0.15, 0.2) is 48.5 Å². The maximum atomic E-state index is 13.0. The number of ketones is 1. The molecule has 132 valence electrons. The minimum Gasteiger partial charge on any atom is -0.508 e. The molecule has 0 bridgehead atoms. The van der Waals surface area contributed by atoms with Crippen molar-refractivity contribution in [1.29, 1.82) is 0 Å². The summed E-state index contributed by atoms with van der Waals surface area (Å²) in [5.41, 5.74) is 1.49. The van der Waals surface area contributed by atoms with E-state index in [4.69, 9.17) is 0 Å². The van der Waals surface area contributed by atoms with E-state index >= 15 is 0 Å². The fraction of sp³-hybridized carbons (Fsp3) is 0.381. The molecule has 0 spiro atoms. The highest BCUT2D eigenvalue weighted by Crippen LogP contribution is 2.38. The molecule has 3 nitrogen and oxygen atoms in total. The molecule has 0 radical (unpaired) electrons. The molecule has 0 amide bonds. The Hall–Kier alpha value is -2.20. The Balaban J connectivity index is 1.75. The summed E-state index contributed by atoms with van der Waals surface area (Å²) in [7, 11) is 0. The summed E-state index contributed by atoms with van der Waals surface area (Å²) in [5, 5.41) is 9.83. The van der Waals surface area contributed by atoms with Crippen molar-refractivity contribution in [2.75, 3.05) is 13.1 Å². The molecular weight excluding hydrogens is 317 g/mol. The topological polar surface area (TPSA) is 40.5 Å². The number of aromatic hydroxyl groups is 1. The highest BCUT2D eigenvalue weighted by atomic mass is 19.1. The van der Waals surface area contributed by atoms with Gasteiger partial charge >= 0.3 is 0 Å². The van der Waals surface area contributed by atoms with E-state index in [1.165, 1.54) is 12.1 Å². The highest BCUT2D eigenvalue weighted by Gasteiger charge is 2.41. The normalized spacial score (nSPS) is 17.4. The lowest BCUT2D eigenvalue weighted by molar-refractivity contribution is -0.126. The van der Waals surface area contributed by atoms with E-state index in [1.54, 1.807) is 18.2 Å². The molecule has 1 aliphatic heterocycles. The van der Waals surface area contributed by atoms with Crippen molar-refractivity contribution >= 4 is 5.78 Å². The number of phenols is 1. The lowest BCUT2D eigenvalue weighted by Crippen LogP contribution is -2.46. The molecule has 0 aliphatic carbocycles. The minimum atomic E-state index is -0.507. The molecule has 0 aromatic heterocycles. The molecule has 0 saturated carbocycles. The summed E-state index contributed by atoms with van der Waals surface area (Å²) < 4.78 is 13.0. The highest BCUT2D eigenvalue weighted by molar-refractivity contribution is 5.90. The number of phenolic OH excluding ortho intramolecular Hbond substituents is 1. The van der Waals surface area contributed by atoms with Gasteiger partial charge < -0.3 is 5.11 Å². The van der Waals surface area contributed by atoms with Crippen molar-refractivity contribution < 1.29 is 14.3 Å². The van der Waals surface area contributed by atoms with Crippen LogP contribution in [-0.2, 0) is 16.8 Å². The molecule has 3 rings (SSSR count). The van der Waals surface area contributed by atoms with Gasteiger partial charge in [0.15, 0.2) is 0 Å². The van der Waals surface area contributed by atoms with E-state index in [0.717, 1.165) is 43.6 Å². The number of carbonyl (C=O) groups is 1. The smallest absolute Gasteiger partial charge is 0.143 e. The predicted molar refractivity (Wildman–Crippen MR) is 96.0 cm³/mol. The molecule has 4 heteroatoms. The third kappa shape index (κ3) is 3.74. The van der Waals surface area contributed by atoms with Crippen molar-refractivity contribution in [1.82, 2.24) is 4.90 Å². The van der Waals surface area contributed by atoms with Gasteiger partial charge in [0.1, 0.15) is 17.3 Å². The first-order chi connectivity index (χ1) is 12.0. The molecule has 1 saturated heterocycles. The molecular formula is C21H24FNO2.